The molecule has 1 N–H and O–H groups in total. The number of nitrogens with one attached hydrogen (secondary N) is 1. The second-order valence-electron chi connectivity index (χ2n) is 5.00. The Bertz CT molecular complexity index is 384. The molecule has 2 rings (SSSR count). The molecule has 0 spiro atoms. The van der Waals surface area contributed by atoms with Crippen molar-refractivity contribution in [2.75, 3.05) is 13.6 Å². The van der Waals surface area contributed by atoms with Gasteiger partial charge in [0.05, 0.1) is 0 Å². The van der Waals surface area contributed by atoms with Gasteiger partial charge in [-0.25, -0.2) is 8.78 Å². The first-order chi connectivity index (χ1) is 8.18. The van der Waals surface area contributed by atoms with Crippen LogP contribution in [0.5, 0.6) is 0 Å². The first-order valence-corrected chi connectivity index (χ1v) is 6.28. The summed E-state index contributed by atoms with van der Waals surface area (Å²) in [5, 5.41) is 3.19. The molecule has 18 heavy (non-hydrogen) atoms. The third-order valence-corrected chi connectivity index (χ3v) is 3.86. The largest absolute Gasteiger partial charge is 0.319 e. The SMILES string of the molecule is CNCC1(c2ccc(F)c(F)c2)CCCCC1.Cl. The summed E-state index contributed by atoms with van der Waals surface area (Å²) in [6.07, 6.45) is 5.69. The van der Waals surface area contributed by atoms with Crippen molar-refractivity contribution >= 4 is 12.4 Å². The Balaban J connectivity index is 0.00000162. The zero-order chi connectivity index (χ0) is 12.3. The molecule has 1 fully saturated rings. The highest BCUT2D eigenvalue weighted by molar-refractivity contribution is 5.85. The van der Waals surface area contributed by atoms with E-state index in [0.717, 1.165) is 24.9 Å². The van der Waals surface area contributed by atoms with E-state index in [0.29, 0.717) is 0 Å². The zero-order valence-electron chi connectivity index (χ0n) is 10.6. The Hall–Kier alpha value is -0.670. The fourth-order valence-corrected chi connectivity index (χ4v) is 2.96. The van der Waals surface area contributed by atoms with Crippen LogP contribution in [0.3, 0.4) is 0 Å². The van der Waals surface area contributed by atoms with Gasteiger partial charge in [-0.15, -0.1) is 12.4 Å². The lowest BCUT2D eigenvalue weighted by atomic mass is 9.69. The average molecular weight is 276 g/mol. The van der Waals surface area contributed by atoms with Gasteiger partial charge in [0.15, 0.2) is 11.6 Å². The molecule has 1 aromatic carbocycles. The van der Waals surface area contributed by atoms with E-state index in [1.165, 1.54) is 31.4 Å². The molecule has 0 amide bonds. The summed E-state index contributed by atoms with van der Waals surface area (Å²) in [5.74, 6) is -1.49. The first-order valence-electron chi connectivity index (χ1n) is 6.28. The van der Waals surface area contributed by atoms with Crippen LogP contribution in [-0.4, -0.2) is 13.6 Å². The van der Waals surface area contributed by atoms with Crippen molar-refractivity contribution in [3.05, 3.63) is 35.4 Å². The van der Waals surface area contributed by atoms with E-state index in [9.17, 15) is 8.78 Å². The predicted octanol–water partition coefficient (Wildman–Crippen LogP) is 3.81. The van der Waals surface area contributed by atoms with E-state index >= 15 is 0 Å². The van der Waals surface area contributed by atoms with Crippen LogP contribution in [0.4, 0.5) is 8.78 Å². The highest BCUT2D eigenvalue weighted by atomic mass is 35.5. The second-order valence-corrected chi connectivity index (χ2v) is 5.00. The summed E-state index contributed by atoms with van der Waals surface area (Å²) in [5.41, 5.74) is 0.923. The Morgan fingerprint density at radius 1 is 1.11 bits per heavy atom. The van der Waals surface area contributed by atoms with E-state index in [1.54, 1.807) is 6.07 Å². The van der Waals surface area contributed by atoms with Gasteiger partial charge in [-0.05, 0) is 37.6 Å². The van der Waals surface area contributed by atoms with Gasteiger partial charge in [0.2, 0.25) is 0 Å². The number of halogens is 3. The Labute approximate surface area is 113 Å². The van der Waals surface area contributed by atoms with E-state index in [1.807, 2.05) is 7.05 Å². The minimum Gasteiger partial charge on any atom is -0.319 e. The maximum absolute atomic E-state index is 13.3. The van der Waals surface area contributed by atoms with E-state index in [-0.39, 0.29) is 17.8 Å². The molecule has 0 atom stereocenters. The van der Waals surface area contributed by atoms with Crippen molar-refractivity contribution in [3.63, 3.8) is 0 Å². The first kappa shape index (κ1) is 15.4. The molecule has 1 saturated carbocycles. The predicted molar refractivity (Wildman–Crippen MR) is 72.3 cm³/mol. The Morgan fingerprint density at radius 2 is 1.78 bits per heavy atom. The summed E-state index contributed by atoms with van der Waals surface area (Å²) in [6.45, 7) is 0.831. The third-order valence-electron chi connectivity index (χ3n) is 3.86. The van der Waals surface area contributed by atoms with Gasteiger partial charge in [0, 0.05) is 12.0 Å². The Kier molecular flexibility index (Phi) is 5.54. The second kappa shape index (κ2) is 6.48. The molecule has 1 aliphatic rings. The van der Waals surface area contributed by atoms with Crippen molar-refractivity contribution in [1.82, 2.24) is 5.32 Å². The van der Waals surface area contributed by atoms with Gasteiger partial charge >= 0.3 is 0 Å². The van der Waals surface area contributed by atoms with Gasteiger partial charge in [0.25, 0.3) is 0 Å². The third kappa shape index (κ3) is 3.01. The van der Waals surface area contributed by atoms with Crippen molar-refractivity contribution in [2.45, 2.75) is 37.5 Å². The van der Waals surface area contributed by atoms with E-state index in [4.69, 9.17) is 0 Å². The van der Waals surface area contributed by atoms with Crippen LogP contribution in [0.15, 0.2) is 18.2 Å². The molecule has 0 radical (unpaired) electrons. The fourth-order valence-electron chi connectivity index (χ4n) is 2.96. The standard InChI is InChI=1S/C14H19F2N.ClH/c1-17-10-14(7-3-2-4-8-14)11-5-6-12(15)13(16)9-11;/h5-6,9,17H,2-4,7-8,10H2,1H3;1H. The van der Waals surface area contributed by atoms with Crippen LogP contribution < -0.4 is 5.32 Å². The van der Waals surface area contributed by atoms with Crippen molar-refractivity contribution < 1.29 is 8.78 Å². The smallest absolute Gasteiger partial charge is 0.159 e. The van der Waals surface area contributed by atoms with Gasteiger partial charge < -0.3 is 5.32 Å². The number of likely N-dealkylation sites (N-methyl/N-ethyl adjacent to an activating group) is 1. The highest BCUT2D eigenvalue weighted by Crippen LogP contribution is 2.39. The van der Waals surface area contributed by atoms with E-state index < -0.39 is 11.6 Å². The lowest BCUT2D eigenvalue weighted by molar-refractivity contribution is 0.284. The highest BCUT2D eigenvalue weighted by Gasteiger charge is 2.33. The molecular weight excluding hydrogens is 256 g/mol. The molecule has 4 heteroatoms. The Morgan fingerprint density at radius 3 is 2.33 bits per heavy atom. The molecule has 1 nitrogen and oxygen atoms in total. The monoisotopic (exact) mass is 275 g/mol. The molecule has 0 saturated heterocycles. The molecule has 0 aromatic heterocycles. The summed E-state index contributed by atoms with van der Waals surface area (Å²) >= 11 is 0. The lowest BCUT2D eigenvalue weighted by Crippen LogP contribution is -2.38. The topological polar surface area (TPSA) is 12.0 Å². The average Bonchev–Trinajstić information content (AvgIpc) is 2.34. The van der Waals surface area contributed by atoms with Gasteiger partial charge in [0.1, 0.15) is 0 Å². The number of rotatable bonds is 3. The summed E-state index contributed by atoms with van der Waals surface area (Å²) in [7, 11) is 1.91. The molecule has 0 aliphatic heterocycles. The van der Waals surface area contributed by atoms with Crippen LogP contribution in [-0.2, 0) is 5.41 Å². The van der Waals surface area contributed by atoms with Crippen LogP contribution in [0.25, 0.3) is 0 Å². The quantitative estimate of drug-likeness (QED) is 0.885. The lowest BCUT2D eigenvalue weighted by Gasteiger charge is -2.38. The molecule has 1 aromatic rings. The molecule has 102 valence electrons. The molecule has 0 heterocycles. The van der Waals surface area contributed by atoms with Gasteiger partial charge in [-0.1, -0.05) is 25.3 Å². The molecule has 0 unspecified atom stereocenters. The van der Waals surface area contributed by atoms with Crippen molar-refractivity contribution in [2.24, 2.45) is 0 Å². The van der Waals surface area contributed by atoms with E-state index in [2.05, 4.69) is 5.32 Å². The summed E-state index contributed by atoms with van der Waals surface area (Å²) < 4.78 is 26.3. The van der Waals surface area contributed by atoms with Crippen molar-refractivity contribution in [3.8, 4) is 0 Å². The minimum atomic E-state index is -0.760. The fraction of sp³-hybridized carbons (Fsp3) is 0.571. The zero-order valence-corrected chi connectivity index (χ0v) is 11.5. The van der Waals surface area contributed by atoms with Gasteiger partial charge in [-0.3, -0.25) is 0 Å². The normalized spacial score (nSPS) is 18.2. The molecule has 1 aliphatic carbocycles. The van der Waals surface area contributed by atoms with Gasteiger partial charge in [-0.2, -0.15) is 0 Å². The molecular formula is C14H20ClF2N. The van der Waals surface area contributed by atoms with Crippen LogP contribution in [0.1, 0.15) is 37.7 Å². The number of hydrogen-bond donors (Lipinski definition) is 1. The maximum Gasteiger partial charge on any atom is 0.159 e. The van der Waals surface area contributed by atoms with Crippen molar-refractivity contribution in [1.29, 1.82) is 0 Å². The number of benzene rings is 1. The summed E-state index contributed by atoms with van der Waals surface area (Å²) in [4.78, 5) is 0. The minimum absolute atomic E-state index is 0. The van der Waals surface area contributed by atoms with Crippen LogP contribution in [0, 0.1) is 11.6 Å². The summed E-state index contributed by atoms with van der Waals surface area (Å²) in [6, 6.07) is 4.36. The maximum atomic E-state index is 13.3. The molecule has 0 bridgehead atoms. The number of hydrogen-bond acceptors (Lipinski definition) is 1. The van der Waals surface area contributed by atoms with Crippen LogP contribution >= 0.6 is 12.4 Å². The van der Waals surface area contributed by atoms with Crippen LogP contribution in [0.2, 0.25) is 0 Å².